The maximum Gasteiger partial charge on any atom is 0.227 e. The Morgan fingerprint density at radius 1 is 1.33 bits per heavy atom. The van der Waals surface area contributed by atoms with Gasteiger partial charge in [-0.3, -0.25) is 4.79 Å². The monoisotopic (exact) mass is 263 g/mol. The number of hydrogen-bond acceptors (Lipinski definition) is 1. The second kappa shape index (κ2) is 4.58. The van der Waals surface area contributed by atoms with Gasteiger partial charge in [-0.1, -0.05) is 18.0 Å². The van der Waals surface area contributed by atoms with E-state index in [0.29, 0.717) is 10.9 Å². The molecule has 3 unspecified atom stereocenters. The van der Waals surface area contributed by atoms with Crippen molar-refractivity contribution in [1.82, 2.24) is 0 Å². The number of rotatable bonds is 2. The van der Waals surface area contributed by atoms with Crippen LogP contribution in [0.2, 0.25) is 5.02 Å². The molecule has 3 rings (SSSR count). The van der Waals surface area contributed by atoms with Crippen LogP contribution in [0, 0.1) is 24.7 Å². The van der Waals surface area contributed by atoms with Crippen molar-refractivity contribution in [2.75, 3.05) is 5.32 Å². The molecule has 2 aliphatic rings. The molecule has 0 aromatic heterocycles. The van der Waals surface area contributed by atoms with Gasteiger partial charge in [0.1, 0.15) is 0 Å². The van der Waals surface area contributed by atoms with Crippen molar-refractivity contribution in [3.8, 4) is 0 Å². The first-order valence-corrected chi connectivity index (χ1v) is 7.08. The molecule has 0 saturated heterocycles. The molecule has 1 aromatic carbocycles. The van der Waals surface area contributed by atoms with E-state index in [-0.39, 0.29) is 11.8 Å². The molecule has 1 aromatic rings. The van der Waals surface area contributed by atoms with Crippen molar-refractivity contribution in [2.24, 2.45) is 17.8 Å². The molecule has 96 valence electrons. The smallest absolute Gasteiger partial charge is 0.227 e. The third-order valence-corrected chi connectivity index (χ3v) is 4.76. The number of aryl methyl sites for hydroxylation is 1. The van der Waals surface area contributed by atoms with Gasteiger partial charge >= 0.3 is 0 Å². The number of fused-ring (bicyclic) bond motifs is 2. The number of carbonyl (C=O) groups is 1. The van der Waals surface area contributed by atoms with Gasteiger partial charge < -0.3 is 5.32 Å². The van der Waals surface area contributed by atoms with Crippen LogP contribution >= 0.6 is 11.6 Å². The molecule has 2 fully saturated rings. The van der Waals surface area contributed by atoms with Gasteiger partial charge in [0, 0.05) is 16.6 Å². The average Bonchev–Trinajstić information content (AvgIpc) is 2.94. The molecular weight excluding hydrogens is 246 g/mol. The summed E-state index contributed by atoms with van der Waals surface area (Å²) >= 11 is 5.92. The normalized spacial score (nSPS) is 29.6. The summed E-state index contributed by atoms with van der Waals surface area (Å²) in [4.78, 5) is 12.3. The molecule has 2 saturated carbocycles. The highest BCUT2D eigenvalue weighted by atomic mass is 35.5. The minimum Gasteiger partial charge on any atom is -0.326 e. The van der Waals surface area contributed by atoms with E-state index in [2.05, 4.69) is 5.32 Å². The van der Waals surface area contributed by atoms with Crippen molar-refractivity contribution < 1.29 is 4.79 Å². The Kier molecular flexibility index (Phi) is 3.06. The summed E-state index contributed by atoms with van der Waals surface area (Å²) in [7, 11) is 0. The van der Waals surface area contributed by atoms with Gasteiger partial charge in [-0.15, -0.1) is 0 Å². The number of benzene rings is 1. The predicted molar refractivity (Wildman–Crippen MR) is 73.8 cm³/mol. The van der Waals surface area contributed by atoms with E-state index < -0.39 is 0 Å². The first-order chi connectivity index (χ1) is 8.63. The highest BCUT2D eigenvalue weighted by molar-refractivity contribution is 6.30. The number of amides is 1. The van der Waals surface area contributed by atoms with Crippen molar-refractivity contribution in [2.45, 2.75) is 32.6 Å². The Morgan fingerprint density at radius 3 is 2.78 bits per heavy atom. The third-order valence-electron chi connectivity index (χ3n) is 4.52. The first-order valence-electron chi connectivity index (χ1n) is 6.70. The summed E-state index contributed by atoms with van der Waals surface area (Å²) in [6.45, 7) is 1.97. The zero-order valence-electron chi connectivity index (χ0n) is 10.6. The second-order valence-corrected chi connectivity index (χ2v) is 6.17. The molecule has 2 bridgehead atoms. The van der Waals surface area contributed by atoms with E-state index in [1.165, 1.54) is 19.3 Å². The SMILES string of the molecule is Cc1cc(Cl)ccc1NC(=O)C1CC2CCC1C2. The average molecular weight is 264 g/mol. The number of nitrogens with one attached hydrogen (secondary N) is 1. The van der Waals surface area contributed by atoms with E-state index >= 15 is 0 Å². The summed E-state index contributed by atoms with van der Waals surface area (Å²) in [5.41, 5.74) is 1.92. The fourth-order valence-corrected chi connectivity index (χ4v) is 3.79. The molecule has 3 heteroatoms. The van der Waals surface area contributed by atoms with Crippen LogP contribution in [0.1, 0.15) is 31.2 Å². The van der Waals surface area contributed by atoms with E-state index in [4.69, 9.17) is 11.6 Å². The predicted octanol–water partition coefficient (Wildman–Crippen LogP) is 4.02. The van der Waals surface area contributed by atoms with Crippen LogP contribution in [0.5, 0.6) is 0 Å². The molecule has 1 amide bonds. The van der Waals surface area contributed by atoms with E-state index in [1.807, 2.05) is 25.1 Å². The second-order valence-electron chi connectivity index (χ2n) is 5.73. The van der Waals surface area contributed by atoms with Crippen molar-refractivity contribution in [3.63, 3.8) is 0 Å². The number of hydrogen-bond donors (Lipinski definition) is 1. The quantitative estimate of drug-likeness (QED) is 0.858. The first kappa shape index (κ1) is 12.0. The van der Waals surface area contributed by atoms with E-state index in [0.717, 1.165) is 23.6 Å². The van der Waals surface area contributed by atoms with Crippen LogP contribution < -0.4 is 5.32 Å². The number of halogens is 1. The Morgan fingerprint density at radius 2 is 2.17 bits per heavy atom. The third kappa shape index (κ3) is 2.14. The minimum atomic E-state index is 0.202. The van der Waals surface area contributed by atoms with Crippen LogP contribution in [0.25, 0.3) is 0 Å². The number of carbonyl (C=O) groups excluding carboxylic acids is 1. The molecule has 3 atom stereocenters. The molecule has 0 aliphatic heterocycles. The Labute approximate surface area is 113 Å². The van der Waals surface area contributed by atoms with Gasteiger partial charge in [-0.05, 0) is 61.8 Å². The Bertz CT molecular complexity index is 485. The largest absolute Gasteiger partial charge is 0.326 e. The molecule has 0 radical (unpaired) electrons. The van der Waals surface area contributed by atoms with Crippen LogP contribution in [0.15, 0.2) is 18.2 Å². The highest BCUT2D eigenvalue weighted by Crippen LogP contribution is 2.48. The highest BCUT2D eigenvalue weighted by Gasteiger charge is 2.43. The van der Waals surface area contributed by atoms with Crippen molar-refractivity contribution in [3.05, 3.63) is 28.8 Å². The molecule has 0 heterocycles. The lowest BCUT2D eigenvalue weighted by Crippen LogP contribution is -2.27. The van der Waals surface area contributed by atoms with Gasteiger partial charge in [0.2, 0.25) is 5.91 Å². The fraction of sp³-hybridized carbons (Fsp3) is 0.533. The lowest BCUT2D eigenvalue weighted by Gasteiger charge is -2.21. The topological polar surface area (TPSA) is 29.1 Å². The van der Waals surface area contributed by atoms with E-state index in [1.54, 1.807) is 0 Å². The lowest BCUT2D eigenvalue weighted by molar-refractivity contribution is -0.121. The van der Waals surface area contributed by atoms with Crippen molar-refractivity contribution in [1.29, 1.82) is 0 Å². The Balaban J connectivity index is 1.71. The van der Waals surface area contributed by atoms with Gasteiger partial charge in [-0.2, -0.15) is 0 Å². The number of anilines is 1. The zero-order valence-corrected chi connectivity index (χ0v) is 11.3. The standard InChI is InChI=1S/C15H18ClNO/c1-9-6-12(16)4-5-14(9)17-15(18)13-8-10-2-3-11(13)7-10/h4-6,10-11,13H,2-3,7-8H2,1H3,(H,17,18). The fourth-order valence-electron chi connectivity index (χ4n) is 3.56. The zero-order chi connectivity index (χ0) is 12.7. The maximum absolute atomic E-state index is 12.3. The summed E-state index contributed by atoms with van der Waals surface area (Å²) in [5, 5.41) is 3.78. The Hall–Kier alpha value is -1.02. The maximum atomic E-state index is 12.3. The molecule has 2 aliphatic carbocycles. The van der Waals surface area contributed by atoms with Gasteiger partial charge in [0.15, 0.2) is 0 Å². The van der Waals surface area contributed by atoms with Crippen LogP contribution in [0.3, 0.4) is 0 Å². The van der Waals surface area contributed by atoms with Gasteiger partial charge in [0.25, 0.3) is 0 Å². The molecule has 18 heavy (non-hydrogen) atoms. The summed E-state index contributed by atoms with van der Waals surface area (Å²) < 4.78 is 0. The molecular formula is C15H18ClNO. The van der Waals surface area contributed by atoms with Gasteiger partial charge in [0.05, 0.1) is 0 Å². The minimum absolute atomic E-state index is 0.202. The van der Waals surface area contributed by atoms with Gasteiger partial charge in [-0.25, -0.2) is 0 Å². The summed E-state index contributed by atoms with van der Waals surface area (Å²) in [6.07, 6.45) is 4.91. The van der Waals surface area contributed by atoms with E-state index in [9.17, 15) is 4.79 Å². The van der Waals surface area contributed by atoms with Crippen LogP contribution in [0.4, 0.5) is 5.69 Å². The molecule has 2 nitrogen and oxygen atoms in total. The van der Waals surface area contributed by atoms with Crippen molar-refractivity contribution >= 4 is 23.2 Å². The van der Waals surface area contributed by atoms with Crippen LogP contribution in [-0.2, 0) is 4.79 Å². The molecule has 0 spiro atoms. The lowest BCUT2D eigenvalue weighted by atomic mass is 9.88. The summed E-state index contributed by atoms with van der Waals surface area (Å²) in [6, 6.07) is 5.60. The molecule has 1 N–H and O–H groups in total. The summed E-state index contributed by atoms with van der Waals surface area (Å²) in [5.74, 6) is 1.87. The van der Waals surface area contributed by atoms with Crippen LogP contribution in [-0.4, -0.2) is 5.91 Å².